The maximum absolute atomic E-state index is 12.1. The highest BCUT2D eigenvalue weighted by atomic mass is 79.9. The van der Waals surface area contributed by atoms with Gasteiger partial charge in [-0.3, -0.25) is 14.9 Å². The summed E-state index contributed by atoms with van der Waals surface area (Å²) in [6.45, 7) is 3.52. The lowest BCUT2D eigenvalue weighted by Crippen LogP contribution is -2.27. The number of nitro groups is 1. The standard InChI is InChI=1S/C12H14BrN3O3/c1-7-5-14-6-9(7)12(17)15-11-3-2-8(16(18)19)4-10(11)13/h2-4,7,9,14H,5-6H2,1H3,(H,15,17). The topological polar surface area (TPSA) is 84.3 Å². The van der Waals surface area contributed by atoms with Crippen molar-refractivity contribution in [2.45, 2.75) is 6.92 Å². The summed E-state index contributed by atoms with van der Waals surface area (Å²) in [6.07, 6.45) is 0. The number of halogens is 1. The van der Waals surface area contributed by atoms with E-state index in [4.69, 9.17) is 0 Å². The molecule has 0 bridgehead atoms. The Hall–Kier alpha value is -1.47. The minimum atomic E-state index is -0.473. The van der Waals surface area contributed by atoms with Crippen LogP contribution in [0.3, 0.4) is 0 Å². The summed E-state index contributed by atoms with van der Waals surface area (Å²) in [7, 11) is 0. The smallest absolute Gasteiger partial charge is 0.270 e. The summed E-state index contributed by atoms with van der Waals surface area (Å²) >= 11 is 3.23. The number of nitrogens with zero attached hydrogens (tertiary/aromatic N) is 1. The number of nitrogens with one attached hydrogen (secondary N) is 2. The molecule has 1 heterocycles. The van der Waals surface area contributed by atoms with Crippen LogP contribution in [0.4, 0.5) is 11.4 Å². The molecular formula is C12H14BrN3O3. The zero-order valence-electron chi connectivity index (χ0n) is 10.4. The molecule has 0 spiro atoms. The molecule has 0 aromatic heterocycles. The fourth-order valence-corrected chi connectivity index (χ4v) is 2.57. The Kier molecular flexibility index (Phi) is 4.16. The van der Waals surface area contributed by atoms with Gasteiger partial charge in [0.25, 0.3) is 5.69 Å². The number of carbonyl (C=O) groups excluding carboxylic acids is 1. The summed E-state index contributed by atoms with van der Waals surface area (Å²) in [5.41, 5.74) is 0.537. The SMILES string of the molecule is CC1CNCC1C(=O)Nc1ccc([N+](=O)[O-])cc1Br. The van der Waals surface area contributed by atoms with E-state index in [9.17, 15) is 14.9 Å². The molecule has 102 valence electrons. The van der Waals surface area contributed by atoms with E-state index >= 15 is 0 Å². The Morgan fingerprint density at radius 1 is 1.53 bits per heavy atom. The second-order valence-electron chi connectivity index (χ2n) is 4.65. The van der Waals surface area contributed by atoms with Crippen molar-refractivity contribution in [2.75, 3.05) is 18.4 Å². The first kappa shape index (κ1) is 14.0. The predicted molar refractivity (Wildman–Crippen MR) is 74.9 cm³/mol. The third-order valence-electron chi connectivity index (χ3n) is 3.28. The number of hydrogen-bond acceptors (Lipinski definition) is 4. The van der Waals surface area contributed by atoms with Crippen LogP contribution in [-0.2, 0) is 4.79 Å². The summed E-state index contributed by atoms with van der Waals surface area (Å²) in [6, 6.07) is 4.29. The fourth-order valence-electron chi connectivity index (χ4n) is 2.11. The van der Waals surface area contributed by atoms with Gasteiger partial charge >= 0.3 is 0 Å². The number of non-ortho nitro benzene ring substituents is 1. The van der Waals surface area contributed by atoms with Gasteiger partial charge in [-0.2, -0.15) is 0 Å². The first-order valence-corrected chi connectivity index (χ1v) is 6.74. The van der Waals surface area contributed by atoms with Crippen LogP contribution in [0.5, 0.6) is 0 Å². The molecule has 19 heavy (non-hydrogen) atoms. The zero-order valence-corrected chi connectivity index (χ0v) is 11.9. The summed E-state index contributed by atoms with van der Waals surface area (Å²) in [5, 5.41) is 16.6. The van der Waals surface area contributed by atoms with E-state index in [-0.39, 0.29) is 23.4 Å². The van der Waals surface area contributed by atoms with Gasteiger partial charge in [0.1, 0.15) is 0 Å². The molecule has 1 fully saturated rings. The highest BCUT2D eigenvalue weighted by Gasteiger charge is 2.29. The number of hydrogen-bond donors (Lipinski definition) is 2. The molecule has 6 nitrogen and oxygen atoms in total. The lowest BCUT2D eigenvalue weighted by molar-refractivity contribution is -0.384. The Morgan fingerprint density at radius 3 is 2.79 bits per heavy atom. The van der Waals surface area contributed by atoms with Crippen molar-refractivity contribution >= 4 is 33.2 Å². The molecule has 1 saturated heterocycles. The van der Waals surface area contributed by atoms with Crippen molar-refractivity contribution in [1.29, 1.82) is 0 Å². The maximum atomic E-state index is 12.1. The van der Waals surface area contributed by atoms with Crippen LogP contribution in [-0.4, -0.2) is 23.9 Å². The predicted octanol–water partition coefficient (Wildman–Crippen LogP) is 2.15. The number of carbonyl (C=O) groups is 1. The van der Waals surface area contributed by atoms with Crippen LogP contribution in [0.2, 0.25) is 0 Å². The molecule has 0 saturated carbocycles. The number of anilines is 1. The third-order valence-corrected chi connectivity index (χ3v) is 3.93. The van der Waals surface area contributed by atoms with Crippen molar-refractivity contribution in [3.63, 3.8) is 0 Å². The second-order valence-corrected chi connectivity index (χ2v) is 5.51. The van der Waals surface area contributed by atoms with Gasteiger partial charge in [0.15, 0.2) is 0 Å². The molecule has 1 aliphatic rings. The van der Waals surface area contributed by atoms with E-state index < -0.39 is 4.92 Å². The fraction of sp³-hybridized carbons (Fsp3) is 0.417. The van der Waals surface area contributed by atoms with Crippen molar-refractivity contribution in [1.82, 2.24) is 5.32 Å². The Morgan fingerprint density at radius 2 is 2.26 bits per heavy atom. The largest absolute Gasteiger partial charge is 0.325 e. The van der Waals surface area contributed by atoms with Crippen LogP contribution < -0.4 is 10.6 Å². The number of benzene rings is 1. The molecule has 1 aromatic carbocycles. The number of nitro benzene ring substituents is 1. The molecule has 0 radical (unpaired) electrons. The molecule has 2 rings (SSSR count). The van der Waals surface area contributed by atoms with Crippen molar-refractivity contribution in [3.8, 4) is 0 Å². The molecule has 0 aliphatic carbocycles. The normalized spacial score (nSPS) is 22.2. The van der Waals surface area contributed by atoms with Gasteiger partial charge in [-0.25, -0.2) is 0 Å². The van der Waals surface area contributed by atoms with E-state index in [0.717, 1.165) is 6.54 Å². The molecule has 2 atom stereocenters. The van der Waals surface area contributed by atoms with E-state index in [1.165, 1.54) is 18.2 Å². The van der Waals surface area contributed by atoms with E-state index in [1.807, 2.05) is 6.92 Å². The molecule has 2 unspecified atom stereocenters. The average Bonchev–Trinajstić information content (AvgIpc) is 2.77. The summed E-state index contributed by atoms with van der Waals surface area (Å²) < 4.78 is 0.508. The van der Waals surface area contributed by atoms with Crippen molar-refractivity contribution < 1.29 is 9.72 Å². The van der Waals surface area contributed by atoms with Crippen LogP contribution in [0.1, 0.15) is 6.92 Å². The highest BCUT2D eigenvalue weighted by Crippen LogP contribution is 2.28. The monoisotopic (exact) mass is 327 g/mol. The molecule has 1 amide bonds. The molecule has 7 heteroatoms. The quantitative estimate of drug-likeness (QED) is 0.658. The molecule has 1 aromatic rings. The lowest BCUT2D eigenvalue weighted by atomic mass is 9.97. The number of rotatable bonds is 3. The van der Waals surface area contributed by atoms with Gasteiger partial charge in [-0.1, -0.05) is 6.92 Å². The molecular weight excluding hydrogens is 314 g/mol. The lowest BCUT2D eigenvalue weighted by Gasteiger charge is -2.14. The number of amides is 1. The van der Waals surface area contributed by atoms with Crippen LogP contribution in [0, 0.1) is 22.0 Å². The minimum Gasteiger partial charge on any atom is -0.325 e. The first-order valence-electron chi connectivity index (χ1n) is 5.94. The van der Waals surface area contributed by atoms with Gasteiger partial charge in [-0.05, 0) is 34.5 Å². The van der Waals surface area contributed by atoms with E-state index in [0.29, 0.717) is 16.7 Å². The van der Waals surface area contributed by atoms with Gasteiger partial charge in [0.05, 0.1) is 16.5 Å². The Balaban J connectivity index is 2.11. The van der Waals surface area contributed by atoms with Crippen molar-refractivity contribution in [2.24, 2.45) is 11.8 Å². The van der Waals surface area contributed by atoms with Crippen molar-refractivity contribution in [3.05, 3.63) is 32.8 Å². The summed E-state index contributed by atoms with van der Waals surface area (Å²) in [4.78, 5) is 22.2. The molecule has 1 aliphatic heterocycles. The van der Waals surface area contributed by atoms with Gasteiger partial charge in [0.2, 0.25) is 5.91 Å². The first-order chi connectivity index (χ1) is 8.99. The zero-order chi connectivity index (χ0) is 14.0. The van der Waals surface area contributed by atoms with Crippen LogP contribution in [0.15, 0.2) is 22.7 Å². The summed E-state index contributed by atoms with van der Waals surface area (Å²) in [5.74, 6) is 0.158. The van der Waals surface area contributed by atoms with E-state index in [2.05, 4.69) is 26.6 Å². The third kappa shape index (κ3) is 3.10. The van der Waals surface area contributed by atoms with Gasteiger partial charge < -0.3 is 10.6 Å². The minimum absolute atomic E-state index is 0.0132. The van der Waals surface area contributed by atoms with Crippen LogP contribution >= 0.6 is 15.9 Å². The van der Waals surface area contributed by atoms with Gasteiger partial charge in [0, 0.05) is 23.2 Å². The van der Waals surface area contributed by atoms with Crippen LogP contribution in [0.25, 0.3) is 0 Å². The van der Waals surface area contributed by atoms with Gasteiger partial charge in [-0.15, -0.1) is 0 Å². The second kappa shape index (κ2) is 5.66. The molecule has 2 N–H and O–H groups in total. The van der Waals surface area contributed by atoms with E-state index in [1.54, 1.807) is 0 Å². The maximum Gasteiger partial charge on any atom is 0.270 e. The Bertz CT molecular complexity index is 521. The average molecular weight is 328 g/mol. The highest BCUT2D eigenvalue weighted by molar-refractivity contribution is 9.10. The Labute approximate surface area is 118 Å².